The minimum atomic E-state index is -0.402. The van der Waals surface area contributed by atoms with Crippen LogP contribution in [-0.2, 0) is 16.0 Å². The molecule has 1 aromatic rings. The van der Waals surface area contributed by atoms with Crippen LogP contribution in [-0.4, -0.2) is 36.3 Å². The molecule has 2 amide bonds. The molecule has 20 heavy (non-hydrogen) atoms. The lowest BCUT2D eigenvalue weighted by molar-refractivity contribution is -0.130. The van der Waals surface area contributed by atoms with E-state index in [4.69, 9.17) is 0 Å². The number of likely N-dealkylation sites (tertiary alicyclic amines) is 1. The Morgan fingerprint density at radius 2 is 1.80 bits per heavy atom. The van der Waals surface area contributed by atoms with E-state index in [0.29, 0.717) is 6.42 Å². The van der Waals surface area contributed by atoms with Crippen LogP contribution in [0.2, 0.25) is 0 Å². The number of piperidine rings is 1. The molecule has 0 saturated carbocycles. The number of hydrogen-bond donors (Lipinski definition) is 1. The average molecular weight is 272 g/mol. The molecule has 2 heterocycles. The third-order valence-corrected chi connectivity index (χ3v) is 4.61. The Labute approximate surface area is 119 Å². The lowest BCUT2D eigenvalue weighted by Crippen LogP contribution is -2.44. The van der Waals surface area contributed by atoms with Crippen molar-refractivity contribution in [1.82, 2.24) is 10.2 Å². The summed E-state index contributed by atoms with van der Waals surface area (Å²) in [5.41, 5.74) is 0.946. The maximum atomic E-state index is 11.9. The number of imide groups is 1. The zero-order chi connectivity index (χ0) is 14.0. The zero-order valence-corrected chi connectivity index (χ0v) is 11.6. The van der Waals surface area contributed by atoms with Crippen molar-refractivity contribution in [3.63, 3.8) is 0 Å². The molecule has 0 radical (unpaired) electrons. The highest BCUT2D eigenvalue weighted by molar-refractivity contribution is 6.05. The first-order valence-electron chi connectivity index (χ1n) is 7.29. The topological polar surface area (TPSA) is 49.4 Å². The summed E-state index contributed by atoms with van der Waals surface area (Å²) in [6.45, 7) is 2.84. The molecule has 106 valence electrons. The molecule has 4 heteroatoms. The molecule has 3 rings (SSSR count). The van der Waals surface area contributed by atoms with E-state index in [0.717, 1.165) is 38.9 Å². The predicted molar refractivity (Wildman–Crippen MR) is 76.0 cm³/mol. The van der Waals surface area contributed by atoms with Crippen molar-refractivity contribution in [2.45, 2.75) is 25.7 Å². The molecule has 4 nitrogen and oxygen atoms in total. The van der Waals surface area contributed by atoms with Gasteiger partial charge in [0, 0.05) is 13.0 Å². The van der Waals surface area contributed by atoms with E-state index >= 15 is 0 Å². The molecule has 2 aliphatic rings. The molecular weight excluding hydrogens is 252 g/mol. The normalized spacial score (nSPS) is 22.2. The van der Waals surface area contributed by atoms with Gasteiger partial charge < -0.3 is 4.90 Å². The predicted octanol–water partition coefficient (Wildman–Crippen LogP) is 1.36. The number of nitrogens with one attached hydrogen (secondary N) is 1. The standard InChI is InChI=1S/C16H20N2O2/c19-14-12-16(15(20)17-14)7-10-18(11-8-16)9-6-13-4-2-1-3-5-13/h1-5H,6-12H2,(H,17,19,20). The Kier molecular flexibility index (Phi) is 3.57. The summed E-state index contributed by atoms with van der Waals surface area (Å²) < 4.78 is 0. The van der Waals surface area contributed by atoms with Crippen molar-refractivity contribution in [2.75, 3.05) is 19.6 Å². The highest BCUT2D eigenvalue weighted by atomic mass is 16.2. The highest BCUT2D eigenvalue weighted by Gasteiger charge is 2.47. The van der Waals surface area contributed by atoms with E-state index < -0.39 is 5.41 Å². The quantitative estimate of drug-likeness (QED) is 0.845. The van der Waals surface area contributed by atoms with Crippen LogP contribution in [0, 0.1) is 5.41 Å². The Morgan fingerprint density at radius 3 is 2.40 bits per heavy atom. The Hall–Kier alpha value is -1.68. The van der Waals surface area contributed by atoms with Crippen LogP contribution < -0.4 is 5.32 Å². The van der Waals surface area contributed by atoms with Gasteiger partial charge in [0.25, 0.3) is 0 Å². The third-order valence-electron chi connectivity index (χ3n) is 4.61. The second-order valence-electron chi connectivity index (χ2n) is 5.91. The van der Waals surface area contributed by atoms with Crippen molar-refractivity contribution < 1.29 is 9.59 Å². The first kappa shape index (κ1) is 13.3. The van der Waals surface area contributed by atoms with Gasteiger partial charge in [0.2, 0.25) is 11.8 Å². The lowest BCUT2D eigenvalue weighted by Gasteiger charge is -2.36. The largest absolute Gasteiger partial charge is 0.303 e. The van der Waals surface area contributed by atoms with Crippen LogP contribution in [0.5, 0.6) is 0 Å². The number of benzene rings is 1. The molecule has 1 N–H and O–H groups in total. The van der Waals surface area contributed by atoms with Gasteiger partial charge in [-0.05, 0) is 37.9 Å². The number of amides is 2. The van der Waals surface area contributed by atoms with Crippen LogP contribution >= 0.6 is 0 Å². The second-order valence-corrected chi connectivity index (χ2v) is 5.91. The van der Waals surface area contributed by atoms with Crippen molar-refractivity contribution >= 4 is 11.8 Å². The van der Waals surface area contributed by atoms with Gasteiger partial charge in [-0.25, -0.2) is 0 Å². The van der Waals surface area contributed by atoms with E-state index in [1.807, 2.05) is 6.07 Å². The molecule has 1 spiro atoms. The van der Waals surface area contributed by atoms with Gasteiger partial charge >= 0.3 is 0 Å². The molecule has 2 saturated heterocycles. The molecule has 0 atom stereocenters. The smallest absolute Gasteiger partial charge is 0.233 e. The minimum absolute atomic E-state index is 0.0507. The van der Waals surface area contributed by atoms with E-state index in [-0.39, 0.29) is 11.8 Å². The third kappa shape index (κ3) is 2.61. The number of rotatable bonds is 3. The maximum absolute atomic E-state index is 11.9. The summed E-state index contributed by atoms with van der Waals surface area (Å²) in [4.78, 5) is 25.7. The molecule has 0 bridgehead atoms. The lowest BCUT2D eigenvalue weighted by atomic mass is 9.77. The van der Waals surface area contributed by atoms with Crippen molar-refractivity contribution in [1.29, 1.82) is 0 Å². The van der Waals surface area contributed by atoms with Crippen molar-refractivity contribution in [3.05, 3.63) is 35.9 Å². The molecule has 2 fully saturated rings. The average Bonchev–Trinajstić information content (AvgIpc) is 2.74. The van der Waals surface area contributed by atoms with Gasteiger partial charge in [0.05, 0.1) is 5.41 Å². The van der Waals surface area contributed by atoms with E-state index in [2.05, 4.69) is 34.5 Å². The monoisotopic (exact) mass is 272 g/mol. The summed E-state index contributed by atoms with van der Waals surface area (Å²) in [5.74, 6) is -0.155. The number of carbonyl (C=O) groups is 2. The molecule has 2 aliphatic heterocycles. The molecule has 0 unspecified atom stereocenters. The Bertz CT molecular complexity index is 504. The van der Waals surface area contributed by atoms with E-state index in [1.54, 1.807) is 0 Å². The highest BCUT2D eigenvalue weighted by Crippen LogP contribution is 2.38. The molecule has 1 aromatic carbocycles. The van der Waals surface area contributed by atoms with Gasteiger partial charge in [0.15, 0.2) is 0 Å². The maximum Gasteiger partial charge on any atom is 0.233 e. The van der Waals surface area contributed by atoms with Gasteiger partial charge in [-0.1, -0.05) is 30.3 Å². The fraction of sp³-hybridized carbons (Fsp3) is 0.500. The summed E-state index contributed by atoms with van der Waals surface area (Å²) in [5, 5.41) is 2.45. The Morgan fingerprint density at radius 1 is 1.10 bits per heavy atom. The van der Waals surface area contributed by atoms with E-state index in [9.17, 15) is 9.59 Å². The summed E-state index contributed by atoms with van der Waals surface area (Å²) in [6, 6.07) is 10.5. The van der Waals surface area contributed by atoms with Crippen LogP contribution in [0.25, 0.3) is 0 Å². The summed E-state index contributed by atoms with van der Waals surface area (Å²) in [6.07, 6.45) is 3.04. The van der Waals surface area contributed by atoms with Crippen LogP contribution in [0.3, 0.4) is 0 Å². The first-order valence-corrected chi connectivity index (χ1v) is 7.29. The zero-order valence-electron chi connectivity index (χ0n) is 11.6. The molecule has 0 aromatic heterocycles. The van der Waals surface area contributed by atoms with E-state index in [1.165, 1.54) is 5.56 Å². The number of carbonyl (C=O) groups excluding carboxylic acids is 2. The van der Waals surface area contributed by atoms with Crippen LogP contribution in [0.4, 0.5) is 0 Å². The fourth-order valence-corrected chi connectivity index (χ4v) is 3.23. The molecular formula is C16H20N2O2. The Balaban J connectivity index is 1.52. The van der Waals surface area contributed by atoms with Gasteiger partial charge in [0.1, 0.15) is 0 Å². The molecule has 0 aliphatic carbocycles. The van der Waals surface area contributed by atoms with Crippen LogP contribution in [0.1, 0.15) is 24.8 Å². The fourth-order valence-electron chi connectivity index (χ4n) is 3.23. The minimum Gasteiger partial charge on any atom is -0.303 e. The van der Waals surface area contributed by atoms with Gasteiger partial charge in [-0.2, -0.15) is 0 Å². The summed E-state index contributed by atoms with van der Waals surface area (Å²) in [7, 11) is 0. The van der Waals surface area contributed by atoms with Crippen LogP contribution in [0.15, 0.2) is 30.3 Å². The number of nitrogens with zero attached hydrogens (tertiary/aromatic N) is 1. The van der Waals surface area contributed by atoms with Crippen molar-refractivity contribution in [3.8, 4) is 0 Å². The number of hydrogen-bond acceptors (Lipinski definition) is 3. The van der Waals surface area contributed by atoms with Crippen molar-refractivity contribution in [2.24, 2.45) is 5.41 Å². The van der Waals surface area contributed by atoms with Gasteiger partial charge in [-0.3, -0.25) is 14.9 Å². The second kappa shape index (κ2) is 5.37. The first-order chi connectivity index (χ1) is 9.68. The SMILES string of the molecule is O=C1CC2(CCN(CCc3ccccc3)CC2)C(=O)N1. The summed E-state index contributed by atoms with van der Waals surface area (Å²) >= 11 is 0. The van der Waals surface area contributed by atoms with Gasteiger partial charge in [-0.15, -0.1) is 0 Å².